The van der Waals surface area contributed by atoms with E-state index in [-0.39, 0.29) is 5.91 Å². The third kappa shape index (κ3) is 4.80. The largest absolute Gasteiger partial charge is 0.368 e. The molecule has 1 aromatic carbocycles. The van der Waals surface area contributed by atoms with Gasteiger partial charge in [-0.15, -0.1) is 0 Å². The average Bonchev–Trinajstić information content (AvgIpc) is 3.20. The van der Waals surface area contributed by atoms with Gasteiger partial charge >= 0.3 is 0 Å². The van der Waals surface area contributed by atoms with E-state index < -0.39 is 0 Å². The van der Waals surface area contributed by atoms with E-state index in [2.05, 4.69) is 20.6 Å². The molecular formula is C20H21N5O. The summed E-state index contributed by atoms with van der Waals surface area (Å²) in [4.78, 5) is 20.3. The van der Waals surface area contributed by atoms with Gasteiger partial charge in [0.15, 0.2) is 0 Å². The summed E-state index contributed by atoms with van der Waals surface area (Å²) in [5, 5.41) is 6.03. The van der Waals surface area contributed by atoms with Crippen LogP contribution in [0.15, 0.2) is 67.3 Å². The summed E-state index contributed by atoms with van der Waals surface area (Å²) in [6.45, 7) is 3.09. The summed E-state index contributed by atoms with van der Waals surface area (Å²) in [7, 11) is 0. The van der Waals surface area contributed by atoms with E-state index in [0.717, 1.165) is 16.9 Å². The molecule has 0 aliphatic rings. The number of nitrogens with zero attached hydrogens (tertiary/aromatic N) is 3. The zero-order valence-corrected chi connectivity index (χ0v) is 14.6. The molecular weight excluding hydrogens is 326 g/mol. The van der Waals surface area contributed by atoms with Gasteiger partial charge in [-0.3, -0.25) is 4.79 Å². The third-order valence-corrected chi connectivity index (χ3v) is 3.85. The molecule has 132 valence electrons. The van der Waals surface area contributed by atoms with Gasteiger partial charge in [-0.25, -0.2) is 9.97 Å². The van der Waals surface area contributed by atoms with Gasteiger partial charge in [0.2, 0.25) is 5.91 Å². The molecule has 0 radical (unpaired) electrons. The van der Waals surface area contributed by atoms with Crippen LogP contribution in [-0.4, -0.2) is 33.5 Å². The van der Waals surface area contributed by atoms with Crippen molar-refractivity contribution in [2.45, 2.75) is 6.92 Å². The van der Waals surface area contributed by atoms with Crippen molar-refractivity contribution in [2.24, 2.45) is 0 Å². The Hall–Kier alpha value is -3.41. The lowest BCUT2D eigenvalue weighted by atomic mass is 10.1. The van der Waals surface area contributed by atoms with E-state index in [1.807, 2.05) is 72.4 Å². The Bertz CT molecular complexity index is 887. The minimum absolute atomic E-state index is 0.120. The van der Waals surface area contributed by atoms with E-state index in [0.29, 0.717) is 18.9 Å². The summed E-state index contributed by atoms with van der Waals surface area (Å²) >= 11 is 0. The Kier molecular flexibility index (Phi) is 5.77. The number of aryl methyl sites for hydroxylation is 1. The molecule has 1 amide bonds. The molecule has 26 heavy (non-hydrogen) atoms. The van der Waals surface area contributed by atoms with Crippen LogP contribution in [0.4, 0.5) is 5.82 Å². The molecule has 0 spiro atoms. The fraction of sp³-hybridized carbons (Fsp3) is 0.150. The smallest absolute Gasteiger partial charge is 0.244 e. The summed E-state index contributed by atoms with van der Waals surface area (Å²) in [6.07, 6.45) is 8.74. The minimum Gasteiger partial charge on any atom is -0.368 e. The second-order valence-corrected chi connectivity index (χ2v) is 5.76. The summed E-state index contributed by atoms with van der Waals surface area (Å²) < 4.78 is 1.91. The number of amides is 1. The first-order valence-electron chi connectivity index (χ1n) is 8.43. The summed E-state index contributed by atoms with van der Waals surface area (Å²) in [6, 6.07) is 13.7. The molecule has 2 aromatic heterocycles. The number of hydrogen-bond donors (Lipinski definition) is 2. The van der Waals surface area contributed by atoms with E-state index in [1.165, 1.54) is 6.33 Å². The number of rotatable bonds is 7. The van der Waals surface area contributed by atoms with Crippen LogP contribution < -0.4 is 10.6 Å². The third-order valence-electron chi connectivity index (χ3n) is 3.85. The van der Waals surface area contributed by atoms with Gasteiger partial charge < -0.3 is 15.2 Å². The second kappa shape index (κ2) is 8.62. The lowest BCUT2D eigenvalue weighted by Gasteiger charge is -2.08. The van der Waals surface area contributed by atoms with Gasteiger partial charge in [0, 0.05) is 37.6 Å². The SMILES string of the molecule is Cc1ccccc1/C=C/C(=O)NCCNc1cc(-n2cccc2)ncn1. The van der Waals surface area contributed by atoms with E-state index in [4.69, 9.17) is 0 Å². The molecule has 0 bridgehead atoms. The molecule has 0 aliphatic carbocycles. The van der Waals surface area contributed by atoms with E-state index in [9.17, 15) is 4.79 Å². The Morgan fingerprint density at radius 2 is 1.92 bits per heavy atom. The molecule has 2 N–H and O–H groups in total. The topological polar surface area (TPSA) is 71.8 Å². The fourth-order valence-electron chi connectivity index (χ4n) is 2.45. The molecule has 0 saturated heterocycles. The van der Waals surface area contributed by atoms with Crippen LogP contribution in [-0.2, 0) is 4.79 Å². The van der Waals surface area contributed by atoms with Crippen molar-refractivity contribution in [1.82, 2.24) is 19.9 Å². The number of benzene rings is 1. The first-order chi connectivity index (χ1) is 12.7. The number of anilines is 1. The quantitative estimate of drug-likeness (QED) is 0.509. The highest BCUT2D eigenvalue weighted by Crippen LogP contribution is 2.09. The maximum atomic E-state index is 11.9. The Balaban J connectivity index is 1.45. The molecule has 2 heterocycles. The Morgan fingerprint density at radius 3 is 2.73 bits per heavy atom. The van der Waals surface area contributed by atoms with Crippen molar-refractivity contribution in [3.63, 3.8) is 0 Å². The second-order valence-electron chi connectivity index (χ2n) is 5.76. The number of aromatic nitrogens is 3. The Morgan fingerprint density at radius 1 is 1.12 bits per heavy atom. The molecule has 3 aromatic rings. The summed E-state index contributed by atoms with van der Waals surface area (Å²) in [5.41, 5.74) is 2.18. The number of carbonyl (C=O) groups excluding carboxylic acids is 1. The van der Waals surface area contributed by atoms with Crippen LogP contribution in [0.5, 0.6) is 0 Å². The predicted octanol–water partition coefficient (Wildman–Crippen LogP) is 2.82. The lowest BCUT2D eigenvalue weighted by molar-refractivity contribution is -0.116. The highest BCUT2D eigenvalue weighted by atomic mass is 16.1. The van der Waals surface area contributed by atoms with Crippen molar-refractivity contribution < 1.29 is 4.79 Å². The average molecular weight is 347 g/mol. The normalized spacial score (nSPS) is 10.8. The molecule has 6 heteroatoms. The minimum atomic E-state index is -0.120. The van der Waals surface area contributed by atoms with E-state index >= 15 is 0 Å². The maximum Gasteiger partial charge on any atom is 0.244 e. The summed E-state index contributed by atoms with van der Waals surface area (Å²) in [5.74, 6) is 1.39. The van der Waals surface area contributed by atoms with Crippen LogP contribution in [0.25, 0.3) is 11.9 Å². The van der Waals surface area contributed by atoms with Crippen LogP contribution in [0.2, 0.25) is 0 Å². The zero-order chi connectivity index (χ0) is 18.2. The van der Waals surface area contributed by atoms with Crippen molar-refractivity contribution in [3.05, 3.63) is 78.4 Å². The van der Waals surface area contributed by atoms with Gasteiger partial charge in [-0.2, -0.15) is 0 Å². The van der Waals surface area contributed by atoms with Crippen molar-refractivity contribution in [1.29, 1.82) is 0 Å². The first-order valence-corrected chi connectivity index (χ1v) is 8.43. The standard InChI is InChI=1S/C20H21N5O/c1-16-6-2-3-7-17(16)8-9-20(26)22-11-10-21-18-14-19(24-15-23-18)25-12-4-5-13-25/h2-9,12-15H,10-11H2,1H3,(H,22,26)(H,21,23,24)/b9-8+. The number of carbonyl (C=O) groups is 1. The molecule has 0 atom stereocenters. The highest BCUT2D eigenvalue weighted by Gasteiger charge is 2.00. The van der Waals surface area contributed by atoms with Crippen LogP contribution >= 0.6 is 0 Å². The van der Waals surface area contributed by atoms with Gasteiger partial charge in [0.25, 0.3) is 0 Å². The zero-order valence-electron chi connectivity index (χ0n) is 14.6. The number of nitrogens with one attached hydrogen (secondary N) is 2. The number of hydrogen-bond acceptors (Lipinski definition) is 4. The van der Waals surface area contributed by atoms with Gasteiger partial charge in [-0.05, 0) is 36.3 Å². The molecule has 6 nitrogen and oxygen atoms in total. The highest BCUT2D eigenvalue weighted by molar-refractivity contribution is 5.91. The predicted molar refractivity (Wildman–Crippen MR) is 103 cm³/mol. The molecule has 3 rings (SSSR count). The molecule has 0 aliphatic heterocycles. The van der Waals surface area contributed by atoms with Crippen molar-refractivity contribution in [2.75, 3.05) is 18.4 Å². The van der Waals surface area contributed by atoms with Crippen LogP contribution in [0.3, 0.4) is 0 Å². The van der Waals surface area contributed by atoms with Crippen molar-refractivity contribution in [3.8, 4) is 5.82 Å². The van der Waals surface area contributed by atoms with Crippen molar-refractivity contribution >= 4 is 17.8 Å². The maximum absolute atomic E-state index is 11.9. The fourth-order valence-corrected chi connectivity index (χ4v) is 2.45. The van der Waals surface area contributed by atoms with Crippen LogP contribution in [0.1, 0.15) is 11.1 Å². The van der Waals surface area contributed by atoms with E-state index in [1.54, 1.807) is 6.08 Å². The monoisotopic (exact) mass is 347 g/mol. The Labute approximate surface area is 152 Å². The lowest BCUT2D eigenvalue weighted by Crippen LogP contribution is -2.27. The molecule has 0 fully saturated rings. The molecule has 0 unspecified atom stereocenters. The van der Waals surface area contributed by atoms with Crippen LogP contribution in [0, 0.1) is 6.92 Å². The van der Waals surface area contributed by atoms with Gasteiger partial charge in [0.1, 0.15) is 18.0 Å². The van der Waals surface area contributed by atoms with Gasteiger partial charge in [0.05, 0.1) is 0 Å². The van der Waals surface area contributed by atoms with Gasteiger partial charge in [-0.1, -0.05) is 24.3 Å². The first kappa shape index (κ1) is 17.4. The molecule has 0 saturated carbocycles.